The van der Waals surface area contributed by atoms with Gasteiger partial charge in [0.1, 0.15) is 0 Å². The van der Waals surface area contributed by atoms with Gasteiger partial charge in [-0.15, -0.1) is 0 Å². The number of ether oxygens (including phenoxy) is 1. The summed E-state index contributed by atoms with van der Waals surface area (Å²) in [6.07, 6.45) is -4.43. The third kappa shape index (κ3) is 5.25. The molecule has 0 aliphatic carbocycles. The number of halogens is 3. The second kappa shape index (κ2) is 8.97. The number of nitrogens with zero attached hydrogens (tertiary/aromatic N) is 2. The zero-order valence-electron chi connectivity index (χ0n) is 17.1. The van der Waals surface area contributed by atoms with Gasteiger partial charge in [0.15, 0.2) is 0 Å². The lowest BCUT2D eigenvalue weighted by Crippen LogP contribution is -2.40. The van der Waals surface area contributed by atoms with Crippen molar-refractivity contribution in [1.29, 1.82) is 0 Å². The molecule has 6 nitrogen and oxygen atoms in total. The standard InChI is InChI=1S/C21H23F3N2O4S/c1-15-3-8-18(31(28,29)26-9-11-30-12-10-26)13-19(15)20(27)25(2)14-16-4-6-17(7-5-16)21(22,23)24/h3-8,13H,9-12,14H2,1-2H3. The summed E-state index contributed by atoms with van der Waals surface area (Å²) in [6, 6.07) is 8.96. The van der Waals surface area contributed by atoms with E-state index in [2.05, 4.69) is 0 Å². The van der Waals surface area contributed by atoms with Gasteiger partial charge in [-0.1, -0.05) is 18.2 Å². The maximum atomic E-state index is 13.0. The molecule has 2 aromatic rings. The number of carbonyl (C=O) groups excluding carboxylic acids is 1. The molecule has 1 saturated heterocycles. The molecule has 1 aliphatic heterocycles. The molecule has 1 fully saturated rings. The van der Waals surface area contributed by atoms with Crippen LogP contribution in [-0.4, -0.2) is 56.9 Å². The number of benzene rings is 2. The molecule has 0 bridgehead atoms. The van der Waals surface area contributed by atoms with Crippen LogP contribution in [0.15, 0.2) is 47.4 Å². The Morgan fingerprint density at radius 2 is 1.71 bits per heavy atom. The van der Waals surface area contributed by atoms with E-state index in [1.165, 1.54) is 40.5 Å². The summed E-state index contributed by atoms with van der Waals surface area (Å²) in [4.78, 5) is 14.3. The van der Waals surface area contributed by atoms with Crippen molar-refractivity contribution in [1.82, 2.24) is 9.21 Å². The van der Waals surface area contributed by atoms with Crippen molar-refractivity contribution in [3.8, 4) is 0 Å². The lowest BCUT2D eigenvalue weighted by molar-refractivity contribution is -0.137. The quantitative estimate of drug-likeness (QED) is 0.693. The van der Waals surface area contributed by atoms with E-state index in [9.17, 15) is 26.4 Å². The van der Waals surface area contributed by atoms with E-state index >= 15 is 0 Å². The predicted molar refractivity (Wildman–Crippen MR) is 108 cm³/mol. The fraction of sp³-hybridized carbons (Fsp3) is 0.381. The van der Waals surface area contributed by atoms with E-state index in [0.29, 0.717) is 24.3 Å². The highest BCUT2D eigenvalue weighted by Gasteiger charge is 2.30. The highest BCUT2D eigenvalue weighted by Crippen LogP contribution is 2.29. The van der Waals surface area contributed by atoms with E-state index in [0.717, 1.165) is 12.1 Å². The van der Waals surface area contributed by atoms with Gasteiger partial charge in [-0.2, -0.15) is 17.5 Å². The SMILES string of the molecule is Cc1ccc(S(=O)(=O)N2CCOCC2)cc1C(=O)N(C)Cc1ccc(C(F)(F)F)cc1. The van der Waals surface area contributed by atoms with Crippen LogP contribution in [0.5, 0.6) is 0 Å². The van der Waals surface area contributed by atoms with Gasteiger partial charge in [-0.3, -0.25) is 4.79 Å². The van der Waals surface area contributed by atoms with E-state index in [4.69, 9.17) is 4.74 Å². The first-order valence-corrected chi connectivity index (χ1v) is 11.0. The minimum Gasteiger partial charge on any atom is -0.379 e. The van der Waals surface area contributed by atoms with Gasteiger partial charge >= 0.3 is 6.18 Å². The molecule has 0 unspecified atom stereocenters. The molecule has 1 amide bonds. The summed E-state index contributed by atoms with van der Waals surface area (Å²) in [5.41, 5.74) is 0.592. The van der Waals surface area contributed by atoms with Crippen LogP contribution >= 0.6 is 0 Å². The molecule has 0 aromatic heterocycles. The molecule has 0 radical (unpaired) electrons. The average Bonchev–Trinajstić information content (AvgIpc) is 2.73. The smallest absolute Gasteiger partial charge is 0.379 e. The molecule has 168 valence electrons. The Kier molecular flexibility index (Phi) is 6.73. The Labute approximate surface area is 179 Å². The number of sulfonamides is 1. The topological polar surface area (TPSA) is 66.9 Å². The number of carbonyl (C=O) groups is 1. The van der Waals surface area contributed by atoms with E-state index in [1.54, 1.807) is 13.0 Å². The zero-order chi connectivity index (χ0) is 22.8. The molecule has 1 aliphatic rings. The molecule has 0 atom stereocenters. The molecule has 31 heavy (non-hydrogen) atoms. The van der Waals surface area contributed by atoms with Crippen LogP contribution in [0.1, 0.15) is 27.0 Å². The second-order valence-electron chi connectivity index (χ2n) is 7.35. The monoisotopic (exact) mass is 456 g/mol. The maximum Gasteiger partial charge on any atom is 0.416 e. The third-order valence-electron chi connectivity index (χ3n) is 5.09. The number of amides is 1. The Morgan fingerprint density at radius 3 is 2.29 bits per heavy atom. The van der Waals surface area contributed by atoms with Gasteiger partial charge in [0.2, 0.25) is 10.0 Å². The molecule has 0 spiro atoms. The summed E-state index contributed by atoms with van der Waals surface area (Å²) in [5, 5.41) is 0. The first kappa shape index (κ1) is 23.2. The Balaban J connectivity index is 1.80. The third-order valence-corrected chi connectivity index (χ3v) is 6.99. The fourth-order valence-electron chi connectivity index (χ4n) is 3.28. The van der Waals surface area contributed by atoms with Crippen LogP contribution in [0.25, 0.3) is 0 Å². The molecule has 10 heteroatoms. The summed E-state index contributed by atoms with van der Waals surface area (Å²) < 4.78 is 70.5. The first-order valence-electron chi connectivity index (χ1n) is 9.60. The van der Waals surface area contributed by atoms with Crippen LogP contribution in [0.4, 0.5) is 13.2 Å². The zero-order valence-corrected chi connectivity index (χ0v) is 18.0. The maximum absolute atomic E-state index is 13.0. The van der Waals surface area contributed by atoms with Crippen LogP contribution < -0.4 is 0 Å². The highest BCUT2D eigenvalue weighted by molar-refractivity contribution is 7.89. The van der Waals surface area contributed by atoms with Crippen molar-refractivity contribution in [2.75, 3.05) is 33.4 Å². The van der Waals surface area contributed by atoms with Crippen molar-refractivity contribution in [2.24, 2.45) is 0 Å². The minimum absolute atomic E-state index is 0.0197. The van der Waals surface area contributed by atoms with Crippen molar-refractivity contribution >= 4 is 15.9 Å². The molecule has 2 aromatic carbocycles. The first-order chi connectivity index (χ1) is 14.5. The molecule has 1 heterocycles. The number of morpholine rings is 1. The van der Waals surface area contributed by atoms with Crippen molar-refractivity contribution in [3.63, 3.8) is 0 Å². The van der Waals surface area contributed by atoms with Crippen molar-refractivity contribution < 1.29 is 31.1 Å². The number of alkyl halides is 3. The lowest BCUT2D eigenvalue weighted by atomic mass is 10.1. The number of aryl methyl sites for hydroxylation is 1. The summed E-state index contributed by atoms with van der Waals surface area (Å²) in [5.74, 6) is -0.420. The highest BCUT2D eigenvalue weighted by atomic mass is 32.2. The number of rotatable bonds is 5. The fourth-order valence-corrected chi connectivity index (χ4v) is 4.71. The number of hydrogen-bond acceptors (Lipinski definition) is 4. The Bertz CT molecular complexity index is 1050. The van der Waals surface area contributed by atoms with Crippen LogP contribution in [-0.2, 0) is 27.5 Å². The second-order valence-corrected chi connectivity index (χ2v) is 9.29. The largest absolute Gasteiger partial charge is 0.416 e. The Hall–Kier alpha value is -2.43. The van der Waals surface area contributed by atoms with Gasteiger partial charge in [-0.25, -0.2) is 8.42 Å². The molecular weight excluding hydrogens is 433 g/mol. The lowest BCUT2D eigenvalue weighted by Gasteiger charge is -2.26. The van der Waals surface area contributed by atoms with Crippen LogP contribution in [0.3, 0.4) is 0 Å². The van der Waals surface area contributed by atoms with Crippen molar-refractivity contribution in [3.05, 3.63) is 64.7 Å². The van der Waals surface area contributed by atoms with Crippen LogP contribution in [0.2, 0.25) is 0 Å². The molecule has 3 rings (SSSR count). The van der Waals surface area contributed by atoms with E-state index in [1.807, 2.05) is 0 Å². The average molecular weight is 456 g/mol. The summed E-state index contributed by atoms with van der Waals surface area (Å²) in [7, 11) is -2.25. The Morgan fingerprint density at radius 1 is 1.10 bits per heavy atom. The van der Waals surface area contributed by atoms with E-state index in [-0.39, 0.29) is 30.1 Å². The summed E-state index contributed by atoms with van der Waals surface area (Å²) >= 11 is 0. The summed E-state index contributed by atoms with van der Waals surface area (Å²) in [6.45, 7) is 2.89. The predicted octanol–water partition coefficient (Wildman–Crippen LogP) is 3.31. The number of hydrogen-bond donors (Lipinski definition) is 0. The molecular formula is C21H23F3N2O4S. The molecule has 0 N–H and O–H groups in total. The van der Waals surface area contributed by atoms with Gasteiger partial charge in [0.25, 0.3) is 5.91 Å². The van der Waals surface area contributed by atoms with Crippen molar-refractivity contribution in [2.45, 2.75) is 24.5 Å². The van der Waals surface area contributed by atoms with Gasteiger partial charge in [0.05, 0.1) is 23.7 Å². The van der Waals surface area contributed by atoms with E-state index < -0.39 is 27.7 Å². The minimum atomic E-state index is -4.43. The normalized spacial score (nSPS) is 15.6. The van der Waals surface area contributed by atoms with Gasteiger partial charge in [0, 0.05) is 32.2 Å². The van der Waals surface area contributed by atoms with Crippen LogP contribution in [0, 0.1) is 6.92 Å². The molecule has 0 saturated carbocycles. The van der Waals surface area contributed by atoms with Gasteiger partial charge in [-0.05, 0) is 42.3 Å². The van der Waals surface area contributed by atoms with Gasteiger partial charge < -0.3 is 9.64 Å².